The molecule has 0 aromatic carbocycles. The average Bonchev–Trinajstić information content (AvgIpc) is 2.77. The first-order chi connectivity index (χ1) is 7.97. The zero-order valence-electron chi connectivity index (χ0n) is 9.21. The molecule has 6 nitrogen and oxygen atoms in total. The van der Waals surface area contributed by atoms with Crippen LogP contribution in [0.25, 0.3) is 0 Å². The van der Waals surface area contributed by atoms with Gasteiger partial charge in [0.2, 0.25) is 10.0 Å². The summed E-state index contributed by atoms with van der Waals surface area (Å²) < 4.78 is 25.7. The summed E-state index contributed by atoms with van der Waals surface area (Å²) in [7, 11) is -3.76. The molecule has 0 saturated heterocycles. The number of nitrogens with one attached hydrogen (secondary N) is 2. The molecule has 1 rings (SSSR count). The van der Waals surface area contributed by atoms with Crippen molar-refractivity contribution in [1.29, 1.82) is 0 Å². The quantitative estimate of drug-likeness (QED) is 0.674. The van der Waals surface area contributed by atoms with Crippen LogP contribution >= 0.6 is 11.8 Å². The second-order valence-electron chi connectivity index (χ2n) is 3.34. The maximum atomic E-state index is 11.8. The lowest BCUT2D eigenvalue weighted by Gasteiger charge is -2.13. The fraction of sp³-hybridized carbons (Fsp3) is 0.444. The lowest BCUT2D eigenvalue weighted by atomic mass is 10.2. The monoisotopic (exact) mass is 278 g/mol. The van der Waals surface area contributed by atoms with Gasteiger partial charge in [-0.2, -0.15) is 16.5 Å². The van der Waals surface area contributed by atoms with Crippen molar-refractivity contribution in [3.8, 4) is 0 Å². The van der Waals surface area contributed by atoms with Gasteiger partial charge in [0.05, 0.1) is 4.90 Å². The van der Waals surface area contributed by atoms with E-state index in [2.05, 4.69) is 9.71 Å². The van der Waals surface area contributed by atoms with Gasteiger partial charge in [-0.15, -0.1) is 0 Å². The van der Waals surface area contributed by atoms with Crippen molar-refractivity contribution >= 4 is 27.8 Å². The predicted molar refractivity (Wildman–Crippen MR) is 65.5 cm³/mol. The zero-order valence-corrected chi connectivity index (χ0v) is 10.8. The third-order valence-corrected chi connectivity index (χ3v) is 4.20. The summed E-state index contributed by atoms with van der Waals surface area (Å²) in [6.07, 6.45) is 4.85. The molecule has 1 atom stereocenters. The maximum Gasteiger partial charge on any atom is 0.321 e. The van der Waals surface area contributed by atoms with Crippen LogP contribution in [-0.2, 0) is 14.8 Å². The van der Waals surface area contributed by atoms with Crippen LogP contribution in [0.3, 0.4) is 0 Å². The van der Waals surface area contributed by atoms with Crippen molar-refractivity contribution in [2.75, 3.05) is 12.0 Å². The minimum atomic E-state index is -3.76. The Morgan fingerprint density at radius 1 is 1.65 bits per heavy atom. The molecule has 17 heavy (non-hydrogen) atoms. The van der Waals surface area contributed by atoms with Crippen LogP contribution in [0, 0.1) is 0 Å². The Morgan fingerprint density at radius 3 is 2.82 bits per heavy atom. The van der Waals surface area contributed by atoms with Crippen LogP contribution < -0.4 is 4.72 Å². The highest BCUT2D eigenvalue weighted by Gasteiger charge is 2.24. The van der Waals surface area contributed by atoms with E-state index in [-0.39, 0.29) is 11.3 Å². The Balaban J connectivity index is 2.76. The lowest BCUT2D eigenvalue weighted by molar-refractivity contribution is -0.139. The summed E-state index contributed by atoms with van der Waals surface area (Å²) >= 11 is 1.47. The first-order valence-corrected chi connectivity index (χ1v) is 7.72. The molecule has 0 bridgehead atoms. The van der Waals surface area contributed by atoms with Crippen LogP contribution in [0.5, 0.6) is 0 Å². The minimum Gasteiger partial charge on any atom is -0.480 e. The van der Waals surface area contributed by atoms with E-state index in [1.165, 1.54) is 30.2 Å². The number of carboxylic acids is 1. The van der Waals surface area contributed by atoms with Crippen LogP contribution in [0.1, 0.15) is 6.42 Å². The molecule has 96 valence electrons. The molecule has 0 amide bonds. The number of aromatic amines is 1. The van der Waals surface area contributed by atoms with Gasteiger partial charge in [-0.05, 0) is 24.5 Å². The summed E-state index contributed by atoms with van der Waals surface area (Å²) in [5.74, 6) is -0.592. The van der Waals surface area contributed by atoms with Gasteiger partial charge in [0, 0.05) is 12.4 Å². The second-order valence-corrected chi connectivity index (χ2v) is 6.04. The number of hydrogen-bond acceptors (Lipinski definition) is 4. The Hall–Kier alpha value is -0.990. The van der Waals surface area contributed by atoms with Crippen molar-refractivity contribution < 1.29 is 18.3 Å². The van der Waals surface area contributed by atoms with Gasteiger partial charge in [-0.3, -0.25) is 4.79 Å². The molecule has 3 N–H and O–H groups in total. The predicted octanol–water partition coefficient (Wildman–Crippen LogP) is 0.499. The van der Waals surface area contributed by atoms with Crippen molar-refractivity contribution in [2.45, 2.75) is 17.4 Å². The minimum absolute atomic E-state index is 0.0351. The van der Waals surface area contributed by atoms with Crippen molar-refractivity contribution in [3.63, 3.8) is 0 Å². The molecule has 1 unspecified atom stereocenters. The summed E-state index contributed by atoms with van der Waals surface area (Å²) in [6.45, 7) is 0. The van der Waals surface area contributed by atoms with E-state index >= 15 is 0 Å². The summed E-state index contributed by atoms with van der Waals surface area (Å²) in [5.41, 5.74) is 0. The van der Waals surface area contributed by atoms with Crippen LogP contribution in [0.2, 0.25) is 0 Å². The Labute approximate surface area is 104 Å². The van der Waals surface area contributed by atoms with E-state index in [1.807, 2.05) is 6.26 Å². The van der Waals surface area contributed by atoms with E-state index in [4.69, 9.17) is 5.11 Å². The highest BCUT2D eigenvalue weighted by Crippen LogP contribution is 2.09. The smallest absolute Gasteiger partial charge is 0.321 e. The van der Waals surface area contributed by atoms with E-state index in [9.17, 15) is 13.2 Å². The molecule has 0 fully saturated rings. The van der Waals surface area contributed by atoms with Gasteiger partial charge in [-0.25, -0.2) is 8.42 Å². The molecule has 1 aromatic rings. The molecule has 0 saturated carbocycles. The van der Waals surface area contributed by atoms with Crippen molar-refractivity contribution in [2.24, 2.45) is 0 Å². The number of rotatable bonds is 7. The maximum absolute atomic E-state index is 11.8. The summed E-state index contributed by atoms with van der Waals surface area (Å²) in [6, 6.07) is 0.276. The molecular weight excluding hydrogens is 264 g/mol. The number of hydrogen-bond donors (Lipinski definition) is 3. The van der Waals surface area contributed by atoms with Crippen LogP contribution in [0.4, 0.5) is 0 Å². The molecule has 1 heterocycles. The molecule has 0 radical (unpaired) electrons. The topological polar surface area (TPSA) is 99.3 Å². The molecule has 8 heteroatoms. The van der Waals surface area contributed by atoms with Crippen molar-refractivity contribution in [1.82, 2.24) is 9.71 Å². The Kier molecular flexibility index (Phi) is 5.03. The van der Waals surface area contributed by atoms with E-state index in [0.717, 1.165) is 0 Å². The van der Waals surface area contributed by atoms with Gasteiger partial charge < -0.3 is 10.1 Å². The number of aliphatic carboxylic acids is 1. The molecule has 0 aliphatic carbocycles. The third-order valence-electron chi connectivity index (χ3n) is 2.09. The molecular formula is C9H14N2O4S2. The molecule has 0 spiro atoms. The fourth-order valence-corrected chi connectivity index (χ4v) is 2.87. The van der Waals surface area contributed by atoms with E-state index in [0.29, 0.717) is 5.75 Å². The standard InChI is InChI=1S/C9H14N2O4S2/c1-16-5-3-8(9(12)13)11-17(14,15)7-2-4-10-6-7/h2,4,6,8,10-11H,3,5H2,1H3,(H,12,13). The second kappa shape index (κ2) is 6.08. The zero-order chi connectivity index (χ0) is 12.9. The number of H-pyrrole nitrogens is 1. The largest absolute Gasteiger partial charge is 0.480 e. The summed E-state index contributed by atoms with van der Waals surface area (Å²) in [5, 5.41) is 8.92. The van der Waals surface area contributed by atoms with Gasteiger partial charge in [0.15, 0.2) is 0 Å². The number of carboxylic acid groups (broad SMARTS) is 1. The van der Waals surface area contributed by atoms with Crippen LogP contribution in [-0.4, -0.2) is 42.5 Å². The van der Waals surface area contributed by atoms with Gasteiger partial charge in [0.1, 0.15) is 6.04 Å². The number of thioether (sulfide) groups is 1. The van der Waals surface area contributed by atoms with E-state index in [1.54, 1.807) is 0 Å². The highest BCUT2D eigenvalue weighted by atomic mass is 32.2. The Morgan fingerprint density at radius 2 is 2.35 bits per heavy atom. The number of sulfonamides is 1. The SMILES string of the molecule is CSCCC(NS(=O)(=O)c1cc[nH]c1)C(=O)O. The first-order valence-electron chi connectivity index (χ1n) is 4.84. The number of aromatic nitrogens is 1. The lowest BCUT2D eigenvalue weighted by Crippen LogP contribution is -2.40. The van der Waals surface area contributed by atoms with Crippen molar-refractivity contribution in [3.05, 3.63) is 18.5 Å². The number of carbonyl (C=O) groups is 1. The van der Waals surface area contributed by atoms with Gasteiger partial charge in [0.25, 0.3) is 0 Å². The van der Waals surface area contributed by atoms with Gasteiger partial charge in [-0.1, -0.05) is 0 Å². The average molecular weight is 278 g/mol. The van der Waals surface area contributed by atoms with E-state index < -0.39 is 22.0 Å². The summed E-state index contributed by atoms with van der Waals surface area (Å²) in [4.78, 5) is 13.6. The molecule has 1 aromatic heterocycles. The molecule has 0 aliphatic rings. The fourth-order valence-electron chi connectivity index (χ4n) is 1.20. The first kappa shape index (κ1) is 14.1. The van der Waals surface area contributed by atoms with Gasteiger partial charge >= 0.3 is 5.97 Å². The highest BCUT2D eigenvalue weighted by molar-refractivity contribution is 7.98. The normalized spacial score (nSPS) is 13.5. The third kappa shape index (κ3) is 4.06. The Bertz CT molecular complexity index is 455. The molecule has 0 aliphatic heterocycles. The van der Waals surface area contributed by atoms with Crippen LogP contribution in [0.15, 0.2) is 23.4 Å².